The van der Waals surface area contributed by atoms with Crippen molar-refractivity contribution in [2.45, 2.75) is 19.8 Å². The van der Waals surface area contributed by atoms with Crippen molar-refractivity contribution < 1.29 is 0 Å². The van der Waals surface area contributed by atoms with Crippen LogP contribution in [0.3, 0.4) is 0 Å². The zero-order valence-corrected chi connectivity index (χ0v) is 7.58. The predicted molar refractivity (Wildman–Crippen MR) is 48.1 cm³/mol. The SMILES string of the molecule is C/C=C(\SC)N1CCCC1. The van der Waals surface area contributed by atoms with Gasteiger partial charge >= 0.3 is 0 Å². The van der Waals surface area contributed by atoms with Crippen molar-refractivity contribution in [1.29, 1.82) is 0 Å². The van der Waals surface area contributed by atoms with E-state index in [1.54, 1.807) is 0 Å². The van der Waals surface area contributed by atoms with Crippen molar-refractivity contribution in [1.82, 2.24) is 4.90 Å². The summed E-state index contributed by atoms with van der Waals surface area (Å²) in [6.45, 7) is 4.64. The first-order valence-electron chi connectivity index (χ1n) is 3.83. The molecule has 58 valence electrons. The van der Waals surface area contributed by atoms with Gasteiger partial charge in [0.1, 0.15) is 0 Å². The van der Waals surface area contributed by atoms with Crippen molar-refractivity contribution in [2.75, 3.05) is 19.3 Å². The van der Waals surface area contributed by atoms with E-state index in [4.69, 9.17) is 0 Å². The second kappa shape index (κ2) is 3.91. The summed E-state index contributed by atoms with van der Waals surface area (Å²) < 4.78 is 0. The van der Waals surface area contributed by atoms with Crippen LogP contribution in [0.4, 0.5) is 0 Å². The molecule has 0 saturated carbocycles. The topological polar surface area (TPSA) is 3.24 Å². The molecule has 0 N–H and O–H groups in total. The molecule has 1 rings (SSSR count). The third-order valence-electron chi connectivity index (χ3n) is 1.87. The lowest BCUT2D eigenvalue weighted by Crippen LogP contribution is -2.15. The van der Waals surface area contributed by atoms with Crippen molar-refractivity contribution in [3.8, 4) is 0 Å². The summed E-state index contributed by atoms with van der Waals surface area (Å²) in [6, 6.07) is 0. The number of rotatable bonds is 2. The first-order valence-corrected chi connectivity index (χ1v) is 5.06. The zero-order valence-electron chi connectivity index (χ0n) is 6.76. The normalized spacial score (nSPS) is 20.2. The lowest BCUT2D eigenvalue weighted by Gasteiger charge is -2.18. The van der Waals surface area contributed by atoms with Gasteiger partial charge in [-0.15, -0.1) is 11.8 Å². The fourth-order valence-corrected chi connectivity index (χ4v) is 2.04. The Morgan fingerprint density at radius 2 is 2.00 bits per heavy atom. The Labute approximate surface area is 67.5 Å². The van der Waals surface area contributed by atoms with Gasteiger partial charge < -0.3 is 4.90 Å². The monoisotopic (exact) mass is 157 g/mol. The Morgan fingerprint density at radius 3 is 2.40 bits per heavy atom. The first kappa shape index (κ1) is 7.99. The summed E-state index contributed by atoms with van der Waals surface area (Å²) in [5, 5.41) is 1.44. The molecule has 1 aliphatic rings. The molecule has 1 saturated heterocycles. The van der Waals surface area contributed by atoms with E-state index in [0.29, 0.717) is 0 Å². The Kier molecular flexibility index (Phi) is 3.13. The van der Waals surface area contributed by atoms with Gasteiger partial charge in [0.25, 0.3) is 0 Å². The maximum atomic E-state index is 2.46. The van der Waals surface area contributed by atoms with Gasteiger partial charge in [0, 0.05) is 13.1 Å². The highest BCUT2D eigenvalue weighted by Gasteiger charge is 2.12. The summed E-state index contributed by atoms with van der Waals surface area (Å²) in [5.41, 5.74) is 0. The molecule has 1 nitrogen and oxygen atoms in total. The molecule has 0 amide bonds. The molecule has 0 aromatic carbocycles. The molecular weight excluding hydrogens is 142 g/mol. The summed E-state index contributed by atoms with van der Waals surface area (Å²) in [5.74, 6) is 0. The fraction of sp³-hybridized carbons (Fsp3) is 0.750. The highest BCUT2D eigenvalue weighted by molar-refractivity contribution is 8.02. The molecule has 0 atom stereocenters. The Hall–Kier alpha value is -0.110. The molecule has 1 aliphatic heterocycles. The lowest BCUT2D eigenvalue weighted by atomic mass is 10.4. The van der Waals surface area contributed by atoms with Crippen LogP contribution < -0.4 is 0 Å². The predicted octanol–water partition coefficient (Wildman–Crippen LogP) is 2.31. The lowest BCUT2D eigenvalue weighted by molar-refractivity contribution is 0.456. The van der Waals surface area contributed by atoms with E-state index in [0.717, 1.165) is 0 Å². The first-order chi connectivity index (χ1) is 4.88. The van der Waals surface area contributed by atoms with E-state index < -0.39 is 0 Å². The average molecular weight is 157 g/mol. The van der Waals surface area contributed by atoms with Crippen LogP contribution in [0.1, 0.15) is 19.8 Å². The maximum absolute atomic E-state index is 2.46. The van der Waals surface area contributed by atoms with Gasteiger partial charge in [0.05, 0.1) is 5.03 Å². The Bertz CT molecular complexity index is 125. The van der Waals surface area contributed by atoms with Gasteiger partial charge in [-0.25, -0.2) is 0 Å². The van der Waals surface area contributed by atoms with Gasteiger partial charge in [0.15, 0.2) is 0 Å². The molecule has 2 heteroatoms. The van der Waals surface area contributed by atoms with Crippen LogP contribution in [-0.4, -0.2) is 24.2 Å². The Morgan fingerprint density at radius 1 is 1.40 bits per heavy atom. The molecule has 0 unspecified atom stereocenters. The van der Waals surface area contributed by atoms with Crippen LogP contribution >= 0.6 is 11.8 Å². The van der Waals surface area contributed by atoms with Crippen LogP contribution in [0.25, 0.3) is 0 Å². The second-order valence-electron chi connectivity index (χ2n) is 2.53. The maximum Gasteiger partial charge on any atom is 0.0661 e. The highest BCUT2D eigenvalue weighted by atomic mass is 32.2. The molecule has 0 aromatic rings. The number of thioether (sulfide) groups is 1. The smallest absolute Gasteiger partial charge is 0.0661 e. The molecule has 0 aromatic heterocycles. The summed E-state index contributed by atoms with van der Waals surface area (Å²) >= 11 is 1.85. The third-order valence-corrected chi connectivity index (χ3v) is 2.79. The fourth-order valence-electron chi connectivity index (χ4n) is 1.37. The van der Waals surface area contributed by atoms with E-state index in [2.05, 4.69) is 24.2 Å². The molecular formula is C8H15NS. The number of likely N-dealkylation sites (tertiary alicyclic amines) is 1. The van der Waals surface area contributed by atoms with Gasteiger partial charge in [-0.05, 0) is 26.0 Å². The zero-order chi connectivity index (χ0) is 7.40. The second-order valence-corrected chi connectivity index (χ2v) is 3.35. The molecule has 0 aliphatic carbocycles. The summed E-state index contributed by atoms with van der Waals surface area (Å²) in [4.78, 5) is 2.46. The van der Waals surface area contributed by atoms with Crippen LogP contribution in [0.15, 0.2) is 11.1 Å². The van der Waals surface area contributed by atoms with E-state index >= 15 is 0 Å². The van der Waals surface area contributed by atoms with E-state index in [1.807, 2.05) is 11.8 Å². The van der Waals surface area contributed by atoms with E-state index in [-0.39, 0.29) is 0 Å². The number of nitrogens with zero attached hydrogens (tertiary/aromatic N) is 1. The number of allylic oxidation sites excluding steroid dienone is 1. The minimum atomic E-state index is 1.26. The molecule has 0 spiro atoms. The van der Waals surface area contributed by atoms with Crippen molar-refractivity contribution >= 4 is 11.8 Å². The summed E-state index contributed by atoms with van der Waals surface area (Å²) in [7, 11) is 0. The Balaban J connectivity index is 2.45. The average Bonchev–Trinajstić information content (AvgIpc) is 2.43. The molecule has 1 heterocycles. The van der Waals surface area contributed by atoms with Gasteiger partial charge in [-0.1, -0.05) is 6.08 Å². The molecule has 10 heavy (non-hydrogen) atoms. The van der Waals surface area contributed by atoms with Gasteiger partial charge in [-0.3, -0.25) is 0 Å². The molecule has 1 fully saturated rings. The molecule has 0 bridgehead atoms. The van der Waals surface area contributed by atoms with E-state index in [1.165, 1.54) is 31.0 Å². The van der Waals surface area contributed by atoms with Crippen molar-refractivity contribution in [2.24, 2.45) is 0 Å². The van der Waals surface area contributed by atoms with Gasteiger partial charge in [0.2, 0.25) is 0 Å². The highest BCUT2D eigenvalue weighted by Crippen LogP contribution is 2.21. The van der Waals surface area contributed by atoms with Gasteiger partial charge in [-0.2, -0.15) is 0 Å². The quantitative estimate of drug-likeness (QED) is 0.605. The van der Waals surface area contributed by atoms with Crippen molar-refractivity contribution in [3.05, 3.63) is 11.1 Å². The van der Waals surface area contributed by atoms with E-state index in [9.17, 15) is 0 Å². The van der Waals surface area contributed by atoms with Crippen LogP contribution in [-0.2, 0) is 0 Å². The van der Waals surface area contributed by atoms with Crippen LogP contribution in [0, 0.1) is 0 Å². The number of hydrogen-bond acceptors (Lipinski definition) is 2. The third kappa shape index (κ3) is 1.69. The van der Waals surface area contributed by atoms with Crippen LogP contribution in [0.2, 0.25) is 0 Å². The molecule has 0 radical (unpaired) electrons. The summed E-state index contributed by atoms with van der Waals surface area (Å²) in [6.07, 6.45) is 7.10. The largest absolute Gasteiger partial charge is 0.367 e. The number of hydrogen-bond donors (Lipinski definition) is 0. The van der Waals surface area contributed by atoms with Crippen LogP contribution in [0.5, 0.6) is 0 Å². The standard InChI is InChI=1S/C8H15NS/c1-3-8(10-2)9-6-4-5-7-9/h3H,4-7H2,1-2H3/b8-3-. The minimum Gasteiger partial charge on any atom is -0.367 e. The minimum absolute atomic E-state index is 1.26. The van der Waals surface area contributed by atoms with Crippen molar-refractivity contribution in [3.63, 3.8) is 0 Å².